The Hall–Kier alpha value is -0.980. The molecule has 2 aliphatic heterocycles. The normalized spacial score (nSPS) is 23.5. The van der Waals surface area contributed by atoms with E-state index in [4.69, 9.17) is 4.74 Å². The van der Waals surface area contributed by atoms with Crippen LogP contribution in [0.1, 0.15) is 51.0 Å². The van der Waals surface area contributed by atoms with E-state index >= 15 is 0 Å². The maximum atomic E-state index is 13.7. The molecule has 2 fully saturated rings. The second-order valence-electron chi connectivity index (χ2n) is 8.56. The van der Waals surface area contributed by atoms with Crippen molar-refractivity contribution in [1.29, 1.82) is 0 Å². The van der Waals surface area contributed by atoms with Crippen molar-refractivity contribution in [2.75, 3.05) is 51.9 Å². The topological polar surface area (TPSA) is 37.7 Å². The van der Waals surface area contributed by atoms with Gasteiger partial charge in [0.05, 0.1) is 0 Å². The zero-order valence-electron chi connectivity index (χ0n) is 18.3. The number of hydrogen-bond donors (Lipinski definition) is 0. The van der Waals surface area contributed by atoms with Crippen molar-refractivity contribution in [2.24, 2.45) is 5.92 Å². The summed E-state index contributed by atoms with van der Waals surface area (Å²) in [5, 5.41) is 0. The monoisotopic (exact) mass is 421 g/mol. The van der Waals surface area contributed by atoms with E-state index in [9.17, 15) is 4.79 Å². The maximum absolute atomic E-state index is 13.7. The highest BCUT2D eigenvalue weighted by Gasteiger charge is 2.35. The Morgan fingerprint density at radius 3 is 2.76 bits per heavy atom. The van der Waals surface area contributed by atoms with Gasteiger partial charge in [-0.15, -0.1) is 0 Å². The summed E-state index contributed by atoms with van der Waals surface area (Å²) in [6.07, 6.45) is 14.5. The van der Waals surface area contributed by atoms with Gasteiger partial charge in [0.15, 0.2) is 0 Å². The zero-order chi connectivity index (χ0) is 20.5. The van der Waals surface area contributed by atoms with Gasteiger partial charge in [0.2, 0.25) is 5.91 Å². The fourth-order valence-electron chi connectivity index (χ4n) is 5.16. The largest absolute Gasteiger partial charge is 0.385 e. The van der Waals surface area contributed by atoms with E-state index in [1.54, 1.807) is 7.11 Å². The van der Waals surface area contributed by atoms with Crippen LogP contribution in [0.25, 0.3) is 0 Å². The molecule has 1 amide bonds. The van der Waals surface area contributed by atoms with Crippen LogP contribution >= 0.6 is 11.8 Å². The summed E-state index contributed by atoms with van der Waals surface area (Å²) in [6.45, 7) is 4.91. The predicted octanol–water partition coefficient (Wildman–Crippen LogP) is 3.91. The average molecular weight is 422 g/mol. The van der Waals surface area contributed by atoms with Gasteiger partial charge < -0.3 is 19.1 Å². The number of rotatable bonds is 11. The molecule has 3 unspecified atom stereocenters. The van der Waals surface area contributed by atoms with Gasteiger partial charge in [-0.3, -0.25) is 4.79 Å². The van der Waals surface area contributed by atoms with Crippen LogP contribution in [0, 0.1) is 5.92 Å². The van der Waals surface area contributed by atoms with Crippen LogP contribution in [-0.4, -0.2) is 78.2 Å². The second kappa shape index (κ2) is 12.0. The third-order valence-electron chi connectivity index (χ3n) is 6.64. The van der Waals surface area contributed by atoms with Gasteiger partial charge in [0.25, 0.3) is 0 Å². The van der Waals surface area contributed by atoms with Crippen molar-refractivity contribution < 1.29 is 9.53 Å². The molecule has 0 radical (unpaired) electrons. The first-order valence-electron chi connectivity index (χ1n) is 11.4. The van der Waals surface area contributed by atoms with Crippen LogP contribution in [-0.2, 0) is 9.53 Å². The van der Waals surface area contributed by atoms with Crippen LogP contribution in [0.5, 0.6) is 0 Å². The van der Waals surface area contributed by atoms with E-state index in [0.717, 1.165) is 31.7 Å². The minimum Gasteiger partial charge on any atom is -0.385 e. The molecule has 1 aromatic heterocycles. The first-order valence-corrected chi connectivity index (χ1v) is 12.8. The molecule has 29 heavy (non-hydrogen) atoms. The highest BCUT2D eigenvalue weighted by molar-refractivity contribution is 7.98. The third-order valence-corrected chi connectivity index (χ3v) is 7.28. The Labute approximate surface area is 181 Å². The van der Waals surface area contributed by atoms with Crippen LogP contribution < -0.4 is 0 Å². The Bertz CT molecular complexity index is 593. The quantitative estimate of drug-likeness (QED) is 0.508. The molecule has 3 heterocycles. The molecule has 164 valence electrons. The van der Waals surface area contributed by atoms with Gasteiger partial charge in [0, 0.05) is 45.2 Å². The molecule has 0 N–H and O–H groups in total. The molecule has 3 atom stereocenters. The van der Waals surface area contributed by atoms with Crippen LogP contribution in [0.2, 0.25) is 0 Å². The van der Waals surface area contributed by atoms with Crippen molar-refractivity contribution in [1.82, 2.24) is 14.4 Å². The number of methoxy groups -OCH3 is 1. The first-order chi connectivity index (χ1) is 14.2. The molecule has 0 aliphatic carbocycles. The number of aromatic nitrogens is 1. The fraction of sp³-hybridized carbons (Fsp3) is 0.783. The number of amides is 1. The predicted molar refractivity (Wildman–Crippen MR) is 121 cm³/mol. The van der Waals surface area contributed by atoms with Crippen molar-refractivity contribution >= 4 is 17.7 Å². The van der Waals surface area contributed by atoms with Gasteiger partial charge >= 0.3 is 0 Å². The lowest BCUT2D eigenvalue weighted by Gasteiger charge is -2.46. The number of fused-ring (bicyclic) bond motifs is 1. The van der Waals surface area contributed by atoms with Crippen molar-refractivity contribution in [3.8, 4) is 0 Å². The van der Waals surface area contributed by atoms with Crippen LogP contribution in [0.15, 0.2) is 24.5 Å². The molecule has 2 saturated heterocycles. The average Bonchev–Trinajstić information content (AvgIpc) is 3.28. The van der Waals surface area contributed by atoms with Gasteiger partial charge in [-0.25, -0.2) is 0 Å². The molecule has 2 aliphatic rings. The maximum Gasteiger partial charge on any atom is 0.245 e. The molecule has 6 heteroatoms. The Morgan fingerprint density at radius 1 is 1.21 bits per heavy atom. The molecular weight excluding hydrogens is 382 g/mol. The Morgan fingerprint density at radius 2 is 2.00 bits per heavy atom. The summed E-state index contributed by atoms with van der Waals surface area (Å²) < 4.78 is 7.40. The van der Waals surface area contributed by atoms with E-state index in [0.29, 0.717) is 24.5 Å². The van der Waals surface area contributed by atoms with E-state index in [2.05, 4.69) is 20.6 Å². The number of piperidine rings is 2. The molecule has 5 nitrogen and oxygen atoms in total. The first kappa shape index (κ1) is 22.7. The number of nitrogens with zero attached hydrogens (tertiary/aromatic N) is 3. The Balaban J connectivity index is 1.72. The van der Waals surface area contributed by atoms with E-state index in [1.165, 1.54) is 45.2 Å². The SMILES string of the molecule is COCCCN(CC1CCCN2CCCCC12)C(=O)C(CCSC)n1cccc1. The van der Waals surface area contributed by atoms with Crippen LogP contribution in [0.3, 0.4) is 0 Å². The molecule has 1 aromatic rings. The van der Waals surface area contributed by atoms with Crippen LogP contribution in [0.4, 0.5) is 0 Å². The standard InChI is InChI=1S/C23H39N3O2S/c1-28-17-8-16-26(19-20-9-7-15-24-12-4-3-10-21(20)24)23(27)22(11-18-29-2)25-13-5-6-14-25/h5-6,13-14,20-22H,3-4,7-12,15-19H2,1-2H3. The molecule has 3 rings (SSSR count). The van der Waals surface area contributed by atoms with E-state index in [1.807, 2.05) is 36.3 Å². The minimum absolute atomic E-state index is 0.0916. The van der Waals surface area contributed by atoms with Gasteiger partial charge in [-0.05, 0) is 81.7 Å². The Kier molecular flexibility index (Phi) is 9.40. The molecule has 0 spiro atoms. The number of thioether (sulfide) groups is 1. The minimum atomic E-state index is -0.0916. The summed E-state index contributed by atoms with van der Waals surface area (Å²) in [4.78, 5) is 18.6. The highest BCUT2D eigenvalue weighted by atomic mass is 32.2. The highest BCUT2D eigenvalue weighted by Crippen LogP contribution is 2.32. The number of carbonyl (C=O) groups is 1. The summed E-state index contributed by atoms with van der Waals surface area (Å²) in [6, 6.07) is 4.63. The third kappa shape index (κ3) is 6.25. The van der Waals surface area contributed by atoms with Gasteiger partial charge in [-0.1, -0.05) is 6.42 Å². The number of ether oxygens (including phenoxy) is 1. The number of carbonyl (C=O) groups excluding carboxylic acids is 1. The van der Waals surface area contributed by atoms with Crippen molar-refractivity contribution in [2.45, 2.75) is 57.0 Å². The molecular formula is C23H39N3O2S. The van der Waals surface area contributed by atoms with E-state index < -0.39 is 0 Å². The lowest BCUT2D eigenvalue weighted by molar-refractivity contribution is -0.136. The summed E-state index contributed by atoms with van der Waals surface area (Å²) in [5.74, 6) is 1.90. The fourth-order valence-corrected chi connectivity index (χ4v) is 5.62. The summed E-state index contributed by atoms with van der Waals surface area (Å²) in [5.41, 5.74) is 0. The number of hydrogen-bond acceptors (Lipinski definition) is 4. The van der Waals surface area contributed by atoms with Gasteiger partial charge in [-0.2, -0.15) is 11.8 Å². The van der Waals surface area contributed by atoms with Gasteiger partial charge in [0.1, 0.15) is 6.04 Å². The smallest absolute Gasteiger partial charge is 0.245 e. The van der Waals surface area contributed by atoms with Crippen molar-refractivity contribution in [3.05, 3.63) is 24.5 Å². The molecule has 0 aromatic carbocycles. The zero-order valence-corrected chi connectivity index (χ0v) is 19.1. The molecule has 0 bridgehead atoms. The van der Waals surface area contributed by atoms with E-state index in [-0.39, 0.29) is 6.04 Å². The lowest BCUT2D eigenvalue weighted by Crippen LogP contribution is -2.52. The second-order valence-corrected chi connectivity index (χ2v) is 9.55. The summed E-state index contributed by atoms with van der Waals surface area (Å²) >= 11 is 1.82. The summed E-state index contributed by atoms with van der Waals surface area (Å²) in [7, 11) is 1.74. The van der Waals surface area contributed by atoms with Crippen molar-refractivity contribution in [3.63, 3.8) is 0 Å². The lowest BCUT2D eigenvalue weighted by atomic mass is 9.83. The molecule has 0 saturated carbocycles.